The number of benzene rings is 1. The molecule has 1 aromatic carbocycles. The Bertz CT molecular complexity index is 1410. The molecule has 222 valence electrons. The molecule has 4 atom stereocenters. The van der Waals surface area contributed by atoms with Crippen LogP contribution < -0.4 is 16.0 Å². The lowest BCUT2D eigenvalue weighted by atomic mass is 9.58. The number of Topliss-reactive ketones (excluding diaryl/α,β-unsaturated/α-hetero) is 2. The molecule has 13 heteroatoms. The zero-order valence-corrected chi connectivity index (χ0v) is 23.8. The Morgan fingerprint density at radius 1 is 1.17 bits per heavy atom. The topological polar surface area (TPSA) is 203 Å². The van der Waals surface area contributed by atoms with Crippen LogP contribution in [-0.2, 0) is 20.7 Å². The van der Waals surface area contributed by atoms with Crippen LogP contribution in [0.25, 0.3) is 0 Å². The van der Waals surface area contributed by atoms with Crippen molar-refractivity contribution in [2.75, 3.05) is 45.0 Å². The number of aliphatic hydroxyl groups excluding tert-OH is 2. The summed E-state index contributed by atoms with van der Waals surface area (Å²) in [7, 11) is 6.57. The Labute approximate surface area is 236 Å². The summed E-state index contributed by atoms with van der Waals surface area (Å²) in [5.41, 5.74) is 2.09. The first-order chi connectivity index (χ1) is 19.0. The minimum Gasteiger partial charge on any atom is -0.510 e. The molecule has 0 spiro atoms. The van der Waals surface area contributed by atoms with Crippen molar-refractivity contribution in [2.45, 2.75) is 38.3 Å². The number of nitrogens with one attached hydrogen (secondary N) is 1. The van der Waals surface area contributed by atoms with Crippen molar-refractivity contribution in [3.63, 3.8) is 0 Å². The van der Waals surface area contributed by atoms with Crippen LogP contribution in [0.15, 0.2) is 28.7 Å². The number of rotatable bonds is 6. The second kappa shape index (κ2) is 10.4. The van der Waals surface area contributed by atoms with Crippen LogP contribution in [0.5, 0.6) is 5.75 Å². The summed E-state index contributed by atoms with van der Waals surface area (Å²) >= 11 is 0. The number of aromatic hydroxyl groups is 1. The van der Waals surface area contributed by atoms with Crippen LogP contribution in [0.4, 0.5) is 16.2 Å². The molecule has 3 aliphatic rings. The first-order valence-electron chi connectivity index (χ1n) is 13.2. The van der Waals surface area contributed by atoms with Gasteiger partial charge in [0.15, 0.2) is 17.1 Å². The van der Waals surface area contributed by atoms with Crippen LogP contribution in [0.2, 0.25) is 0 Å². The van der Waals surface area contributed by atoms with Crippen molar-refractivity contribution in [3.8, 4) is 5.75 Å². The first kappa shape index (κ1) is 29.9. The number of hydrogen-bond donors (Lipinski definition) is 6. The molecule has 41 heavy (non-hydrogen) atoms. The highest BCUT2D eigenvalue weighted by Gasteiger charge is 2.63. The van der Waals surface area contributed by atoms with Crippen molar-refractivity contribution >= 4 is 34.9 Å². The van der Waals surface area contributed by atoms with Gasteiger partial charge in [-0.15, -0.1) is 0 Å². The van der Waals surface area contributed by atoms with E-state index in [1.54, 1.807) is 33.1 Å². The maximum absolute atomic E-state index is 14.0. The number of nitrogens with zero attached hydrogens (tertiary/aromatic N) is 2. The number of ether oxygens (including phenoxy) is 1. The van der Waals surface area contributed by atoms with E-state index in [9.17, 15) is 39.6 Å². The van der Waals surface area contributed by atoms with E-state index in [2.05, 4.69) is 5.32 Å². The number of fused-ring (bicyclic) bond motifs is 3. The fourth-order valence-electron chi connectivity index (χ4n) is 6.18. The first-order valence-corrected chi connectivity index (χ1v) is 13.2. The molecule has 13 nitrogen and oxygen atoms in total. The summed E-state index contributed by atoms with van der Waals surface area (Å²) < 4.78 is 5.14. The lowest BCUT2D eigenvalue weighted by molar-refractivity contribution is -0.148. The highest BCUT2D eigenvalue weighted by Crippen LogP contribution is 2.53. The van der Waals surface area contributed by atoms with Gasteiger partial charge >= 0.3 is 6.09 Å². The summed E-state index contributed by atoms with van der Waals surface area (Å²) in [6.07, 6.45) is -0.751. The minimum atomic E-state index is -2.74. The van der Waals surface area contributed by atoms with Gasteiger partial charge in [-0.3, -0.25) is 24.6 Å². The molecule has 0 saturated carbocycles. The van der Waals surface area contributed by atoms with Crippen LogP contribution in [-0.4, -0.2) is 95.3 Å². The molecule has 2 amide bonds. The molecule has 3 aliphatic carbocycles. The van der Waals surface area contributed by atoms with Gasteiger partial charge in [0.1, 0.15) is 17.1 Å². The monoisotopic (exact) mass is 572 g/mol. The van der Waals surface area contributed by atoms with Gasteiger partial charge in [0.2, 0.25) is 5.78 Å². The van der Waals surface area contributed by atoms with Gasteiger partial charge in [0.25, 0.3) is 5.91 Å². The summed E-state index contributed by atoms with van der Waals surface area (Å²) in [5.74, 6) is -7.39. The van der Waals surface area contributed by atoms with Gasteiger partial charge in [0, 0.05) is 31.3 Å². The molecule has 0 bridgehead atoms. The molecule has 0 unspecified atom stereocenters. The average Bonchev–Trinajstić information content (AvgIpc) is 2.85. The van der Waals surface area contributed by atoms with Crippen molar-refractivity contribution in [1.29, 1.82) is 0 Å². The second-order valence-corrected chi connectivity index (χ2v) is 11.6. The number of ketones is 2. The number of carbonyl (C=O) groups is 4. The molecule has 1 aromatic rings. The molecular formula is C28H36N4O9. The van der Waals surface area contributed by atoms with Crippen molar-refractivity contribution in [2.24, 2.45) is 23.5 Å². The maximum atomic E-state index is 14.0. The summed E-state index contributed by atoms with van der Waals surface area (Å²) in [6.45, 7) is 3.83. The van der Waals surface area contributed by atoms with E-state index >= 15 is 0 Å². The number of phenols is 1. The molecule has 0 aliphatic heterocycles. The van der Waals surface area contributed by atoms with Gasteiger partial charge in [0.05, 0.1) is 23.9 Å². The minimum absolute atomic E-state index is 0.0269. The molecular weight excluding hydrogens is 536 g/mol. The smallest absolute Gasteiger partial charge is 0.411 e. The lowest BCUT2D eigenvalue weighted by Crippen LogP contribution is -2.63. The number of anilines is 2. The summed E-state index contributed by atoms with van der Waals surface area (Å²) in [6, 6.07) is 0.428. The Hall–Kier alpha value is -4.10. The van der Waals surface area contributed by atoms with E-state index in [0.29, 0.717) is 11.3 Å². The summed E-state index contributed by atoms with van der Waals surface area (Å²) in [4.78, 5) is 55.1. The van der Waals surface area contributed by atoms with Crippen LogP contribution in [0, 0.1) is 17.8 Å². The predicted octanol–water partition coefficient (Wildman–Crippen LogP) is 1.39. The van der Waals surface area contributed by atoms with Gasteiger partial charge in [-0.1, -0.05) is 13.8 Å². The van der Waals surface area contributed by atoms with E-state index in [1.165, 1.54) is 11.0 Å². The van der Waals surface area contributed by atoms with Crippen molar-refractivity contribution in [1.82, 2.24) is 4.90 Å². The molecule has 0 radical (unpaired) electrons. The third-order valence-corrected chi connectivity index (χ3v) is 7.97. The normalized spacial score (nSPS) is 25.6. The number of nitrogens with two attached hydrogens (primary N) is 1. The quantitative estimate of drug-likeness (QED) is 0.212. The standard InChI is InChI=1S/C28H36N4O9/c1-11(2)10-41-27(39)30-15-9-16(31(3)4)13-7-12-8-14-20(32(5)6)23(35)19(26(29)38)25(37)28(14,40)24(36)17(12)22(34)18(13)21(15)33/h9,11-12,14,20,33,35-36,40H,7-8,10H2,1-6H3,(H2,29,38)(H,30,39)/t12-,14-,20-,28-/m0/s1. The van der Waals surface area contributed by atoms with Gasteiger partial charge in [-0.05, 0) is 50.4 Å². The van der Waals surface area contributed by atoms with Crippen LogP contribution in [0.3, 0.4) is 0 Å². The Kier molecular flexibility index (Phi) is 7.56. The Morgan fingerprint density at radius 2 is 1.80 bits per heavy atom. The van der Waals surface area contributed by atoms with E-state index in [1.807, 2.05) is 13.8 Å². The number of hydrogen-bond acceptors (Lipinski definition) is 11. The van der Waals surface area contributed by atoms with Gasteiger partial charge < -0.3 is 35.8 Å². The van der Waals surface area contributed by atoms with Crippen LogP contribution in [0.1, 0.15) is 36.2 Å². The van der Waals surface area contributed by atoms with E-state index in [4.69, 9.17) is 10.5 Å². The number of aliphatic hydroxyl groups is 3. The second-order valence-electron chi connectivity index (χ2n) is 11.6. The van der Waals surface area contributed by atoms with Gasteiger partial charge in [-0.25, -0.2) is 4.79 Å². The Balaban J connectivity index is 1.89. The fraction of sp³-hybridized carbons (Fsp3) is 0.500. The van der Waals surface area contributed by atoms with Gasteiger partial charge in [-0.2, -0.15) is 0 Å². The average molecular weight is 573 g/mol. The largest absolute Gasteiger partial charge is 0.510 e. The zero-order chi connectivity index (χ0) is 30.7. The predicted molar refractivity (Wildman–Crippen MR) is 148 cm³/mol. The van der Waals surface area contributed by atoms with Crippen LogP contribution >= 0.6 is 0 Å². The van der Waals surface area contributed by atoms with E-state index in [-0.39, 0.29) is 42.2 Å². The number of carbonyl (C=O) groups excluding carboxylic acids is 4. The number of amides is 2. The molecule has 0 heterocycles. The van der Waals surface area contributed by atoms with E-state index < -0.39 is 69.9 Å². The molecule has 0 fully saturated rings. The molecule has 0 saturated heterocycles. The number of likely N-dealkylation sites (N-methyl/N-ethyl adjacent to an activating group) is 1. The third-order valence-electron chi connectivity index (χ3n) is 7.97. The molecule has 7 N–H and O–H groups in total. The fourth-order valence-corrected chi connectivity index (χ4v) is 6.18. The Morgan fingerprint density at radius 3 is 2.34 bits per heavy atom. The third kappa shape index (κ3) is 4.58. The molecule has 0 aromatic heterocycles. The zero-order valence-electron chi connectivity index (χ0n) is 23.8. The maximum Gasteiger partial charge on any atom is 0.411 e. The SMILES string of the molecule is CC(C)COC(=O)Nc1cc(N(C)C)c2c(c1O)C(=O)C1=C(O)[C@]3(O)C(=O)C(C(N)=O)=C(O)[C@@H](N(C)C)[C@@H]3C[C@@H]1C2. The number of allylic oxidation sites excluding steroid dienone is 1. The van der Waals surface area contributed by atoms with Crippen molar-refractivity contribution < 1.29 is 44.3 Å². The summed E-state index contributed by atoms with van der Waals surface area (Å²) in [5, 5.41) is 47.7. The van der Waals surface area contributed by atoms with E-state index in [0.717, 1.165) is 0 Å². The highest BCUT2D eigenvalue weighted by molar-refractivity contribution is 6.25. The highest BCUT2D eigenvalue weighted by atomic mass is 16.5. The van der Waals surface area contributed by atoms with Crippen molar-refractivity contribution in [3.05, 3.63) is 39.9 Å². The number of phenolic OH excluding ortho intramolecular Hbond substituents is 1. The molecule has 4 rings (SSSR count). The number of primary amides is 1. The lowest BCUT2D eigenvalue weighted by Gasteiger charge is -2.50.